The van der Waals surface area contributed by atoms with Crippen LogP contribution in [0.3, 0.4) is 0 Å². The lowest BCUT2D eigenvalue weighted by atomic mass is 10.2. The Balaban J connectivity index is 1.65. The second-order valence-electron chi connectivity index (χ2n) is 6.95. The Morgan fingerprint density at radius 1 is 1.07 bits per heavy atom. The molecular weight excluding hydrogens is 390 g/mol. The molecule has 30 heavy (non-hydrogen) atoms. The quantitative estimate of drug-likeness (QED) is 0.610. The van der Waals surface area contributed by atoms with Crippen molar-refractivity contribution < 1.29 is 23.8 Å². The molecule has 3 heterocycles. The third kappa shape index (κ3) is 3.30. The van der Waals surface area contributed by atoms with Crippen LogP contribution < -0.4 is 14.8 Å². The molecule has 4 rings (SSSR count). The molecule has 3 aromatic rings. The molecule has 3 aromatic heterocycles. The Morgan fingerprint density at radius 3 is 2.40 bits per heavy atom. The van der Waals surface area contributed by atoms with Crippen LogP contribution in [0.15, 0.2) is 24.7 Å². The summed E-state index contributed by atoms with van der Waals surface area (Å²) in [6.07, 6.45) is 3.53. The zero-order chi connectivity index (χ0) is 21.4. The molecular formula is C20H21N5O5. The number of aromatic nitrogens is 4. The van der Waals surface area contributed by atoms with Gasteiger partial charge in [-0.2, -0.15) is 0 Å². The van der Waals surface area contributed by atoms with E-state index in [1.54, 1.807) is 12.3 Å². The highest BCUT2D eigenvalue weighted by Gasteiger charge is 2.49. The van der Waals surface area contributed by atoms with E-state index in [1.165, 1.54) is 27.7 Å². The fourth-order valence-corrected chi connectivity index (χ4v) is 3.54. The van der Waals surface area contributed by atoms with Gasteiger partial charge in [-0.1, -0.05) is 0 Å². The highest BCUT2D eigenvalue weighted by molar-refractivity contribution is 5.99. The van der Waals surface area contributed by atoms with Gasteiger partial charge in [-0.3, -0.25) is 9.59 Å². The van der Waals surface area contributed by atoms with Crippen LogP contribution in [-0.2, 0) is 21.4 Å². The molecule has 0 saturated heterocycles. The number of amides is 1. The van der Waals surface area contributed by atoms with Crippen LogP contribution in [0.5, 0.6) is 11.8 Å². The molecule has 10 nitrogen and oxygen atoms in total. The Labute approximate surface area is 172 Å². The smallest absolute Gasteiger partial charge is 0.309 e. The molecule has 10 heteroatoms. The van der Waals surface area contributed by atoms with Gasteiger partial charge < -0.3 is 24.1 Å². The highest BCUT2D eigenvalue weighted by Crippen LogP contribution is 2.41. The number of ether oxygens (including phenoxy) is 3. The summed E-state index contributed by atoms with van der Waals surface area (Å²) in [6, 6.07) is 3.69. The van der Waals surface area contributed by atoms with Crippen LogP contribution in [0.1, 0.15) is 6.42 Å². The maximum atomic E-state index is 12.4. The molecule has 0 aliphatic heterocycles. The van der Waals surface area contributed by atoms with E-state index in [-0.39, 0.29) is 23.7 Å². The summed E-state index contributed by atoms with van der Waals surface area (Å²) >= 11 is 0. The fourth-order valence-electron chi connectivity index (χ4n) is 3.54. The van der Waals surface area contributed by atoms with Gasteiger partial charge in [0.05, 0.1) is 50.6 Å². The lowest BCUT2D eigenvalue weighted by molar-refractivity contribution is -0.143. The minimum Gasteiger partial charge on any atom is -0.480 e. The molecule has 0 radical (unpaired) electrons. The van der Waals surface area contributed by atoms with Gasteiger partial charge in [0.15, 0.2) is 0 Å². The van der Waals surface area contributed by atoms with Gasteiger partial charge in [-0.15, -0.1) is 0 Å². The molecule has 156 valence electrons. The van der Waals surface area contributed by atoms with E-state index in [0.29, 0.717) is 29.6 Å². The molecule has 1 saturated carbocycles. The van der Waals surface area contributed by atoms with E-state index in [0.717, 1.165) is 16.6 Å². The number of anilines is 1. The molecule has 1 amide bonds. The number of carbonyl (C=O) groups is 2. The molecule has 0 unspecified atom stereocenters. The molecule has 1 N–H and O–H groups in total. The number of fused-ring (bicyclic) bond motifs is 1. The first kappa shape index (κ1) is 19.6. The fraction of sp³-hybridized carbons (Fsp3) is 0.350. The lowest BCUT2D eigenvalue weighted by Gasteiger charge is -2.11. The summed E-state index contributed by atoms with van der Waals surface area (Å²) in [5.74, 6) is -0.180. The normalized spacial score (nSPS) is 17.5. The van der Waals surface area contributed by atoms with Gasteiger partial charge in [-0.25, -0.2) is 15.0 Å². The van der Waals surface area contributed by atoms with Crippen LogP contribution in [0.2, 0.25) is 0 Å². The van der Waals surface area contributed by atoms with E-state index < -0.39 is 0 Å². The summed E-state index contributed by atoms with van der Waals surface area (Å²) in [6.45, 7) is 0. The van der Waals surface area contributed by atoms with Crippen LogP contribution in [0, 0.1) is 11.8 Å². The standard InChI is InChI=1S/C20H21N5O5/c1-25-13(16-18(28-2)22-9-23-19(16)29-3)5-10-6-15(21-8-14(10)25)24-17(26)11-7-12(11)20(27)30-4/h5-6,8-9,11-12H,7H2,1-4H3,(H,21,24,26)/t11-,12-/m0/s1. The lowest BCUT2D eigenvalue weighted by Crippen LogP contribution is -2.18. The predicted molar refractivity (Wildman–Crippen MR) is 107 cm³/mol. The van der Waals surface area contributed by atoms with Gasteiger partial charge in [0.1, 0.15) is 17.7 Å². The molecule has 0 aromatic carbocycles. The number of hydrogen-bond acceptors (Lipinski definition) is 8. The Bertz CT molecular complexity index is 1120. The van der Waals surface area contributed by atoms with E-state index in [4.69, 9.17) is 14.2 Å². The van der Waals surface area contributed by atoms with Crippen LogP contribution in [0.25, 0.3) is 22.2 Å². The van der Waals surface area contributed by atoms with Gasteiger partial charge in [-0.05, 0) is 18.6 Å². The van der Waals surface area contributed by atoms with Crippen molar-refractivity contribution in [1.29, 1.82) is 0 Å². The van der Waals surface area contributed by atoms with Crippen molar-refractivity contribution in [2.75, 3.05) is 26.6 Å². The number of methoxy groups -OCH3 is 3. The summed E-state index contributed by atoms with van der Waals surface area (Å²) in [7, 11) is 6.26. The van der Waals surface area contributed by atoms with Crippen LogP contribution in [0.4, 0.5) is 5.82 Å². The van der Waals surface area contributed by atoms with Crippen molar-refractivity contribution in [1.82, 2.24) is 19.5 Å². The number of nitrogens with zero attached hydrogens (tertiary/aromatic N) is 4. The highest BCUT2D eigenvalue weighted by atomic mass is 16.5. The molecule has 1 fully saturated rings. The topological polar surface area (TPSA) is 117 Å². The third-order valence-corrected chi connectivity index (χ3v) is 5.23. The third-order valence-electron chi connectivity index (χ3n) is 5.23. The maximum Gasteiger partial charge on any atom is 0.309 e. The SMILES string of the molecule is COC(=O)[C@H]1C[C@@H]1C(=O)Nc1cc2cc(-c3c(OC)ncnc3OC)n(C)c2cn1. The van der Waals surface area contributed by atoms with E-state index in [9.17, 15) is 9.59 Å². The molecule has 0 bridgehead atoms. The summed E-state index contributed by atoms with van der Waals surface area (Å²) in [5, 5.41) is 3.63. The van der Waals surface area contributed by atoms with E-state index >= 15 is 0 Å². The van der Waals surface area contributed by atoms with Gasteiger partial charge in [0.25, 0.3) is 0 Å². The second kappa shape index (κ2) is 7.62. The largest absolute Gasteiger partial charge is 0.480 e. The average molecular weight is 411 g/mol. The van der Waals surface area contributed by atoms with Crippen LogP contribution in [-0.4, -0.2) is 52.7 Å². The van der Waals surface area contributed by atoms with Gasteiger partial charge in [0, 0.05) is 12.4 Å². The molecule has 1 aliphatic carbocycles. The summed E-state index contributed by atoms with van der Waals surface area (Å²) < 4.78 is 17.4. The average Bonchev–Trinajstić information content (AvgIpc) is 3.51. The van der Waals surface area contributed by atoms with Crippen molar-refractivity contribution in [3.63, 3.8) is 0 Å². The minimum absolute atomic E-state index is 0.242. The summed E-state index contributed by atoms with van der Waals surface area (Å²) in [5.41, 5.74) is 2.23. The molecule has 2 atom stereocenters. The van der Waals surface area contributed by atoms with Gasteiger partial charge in [0.2, 0.25) is 17.7 Å². The number of pyridine rings is 1. The van der Waals surface area contributed by atoms with E-state index in [2.05, 4.69) is 20.3 Å². The van der Waals surface area contributed by atoms with E-state index in [1.807, 2.05) is 17.7 Å². The van der Waals surface area contributed by atoms with Crippen LogP contribution >= 0.6 is 0 Å². The van der Waals surface area contributed by atoms with Crippen molar-refractivity contribution in [2.45, 2.75) is 6.42 Å². The molecule has 0 spiro atoms. The number of esters is 1. The number of nitrogens with one attached hydrogen (secondary N) is 1. The predicted octanol–water partition coefficient (Wildman–Crippen LogP) is 1.80. The number of carbonyl (C=O) groups excluding carboxylic acids is 2. The first-order valence-electron chi connectivity index (χ1n) is 9.26. The number of hydrogen-bond donors (Lipinski definition) is 1. The zero-order valence-corrected chi connectivity index (χ0v) is 17.0. The van der Waals surface area contributed by atoms with Crippen molar-refractivity contribution in [3.8, 4) is 23.0 Å². The minimum atomic E-state index is -0.378. The van der Waals surface area contributed by atoms with Crippen molar-refractivity contribution >= 4 is 28.6 Å². The zero-order valence-electron chi connectivity index (χ0n) is 17.0. The summed E-state index contributed by atoms with van der Waals surface area (Å²) in [4.78, 5) is 36.6. The number of rotatable bonds is 6. The first-order chi connectivity index (χ1) is 14.5. The van der Waals surface area contributed by atoms with Crippen molar-refractivity contribution in [3.05, 3.63) is 24.7 Å². The Hall–Kier alpha value is -3.69. The number of aryl methyl sites for hydroxylation is 1. The first-order valence-corrected chi connectivity index (χ1v) is 9.26. The molecule has 1 aliphatic rings. The maximum absolute atomic E-state index is 12.4. The second-order valence-corrected chi connectivity index (χ2v) is 6.95. The Kier molecular flexibility index (Phi) is 4.98. The van der Waals surface area contributed by atoms with Crippen molar-refractivity contribution in [2.24, 2.45) is 18.9 Å². The Morgan fingerprint density at radius 2 is 1.77 bits per heavy atom. The monoisotopic (exact) mass is 411 g/mol. The van der Waals surface area contributed by atoms with Gasteiger partial charge >= 0.3 is 5.97 Å².